The Bertz CT molecular complexity index is 600. The Morgan fingerprint density at radius 2 is 2.00 bits per heavy atom. The van der Waals surface area contributed by atoms with Crippen molar-refractivity contribution in [3.63, 3.8) is 0 Å². The molecule has 1 heterocycles. The predicted octanol–water partition coefficient (Wildman–Crippen LogP) is 3.23. The first-order valence-corrected chi connectivity index (χ1v) is 8.71. The minimum absolute atomic E-state index is 0.398. The largest absolute Gasteiger partial charge is 0.271 e. The van der Waals surface area contributed by atoms with Crippen molar-refractivity contribution in [3.05, 3.63) is 40.7 Å². The van der Waals surface area contributed by atoms with Gasteiger partial charge in [-0.25, -0.2) is 4.98 Å². The van der Waals surface area contributed by atoms with Crippen molar-refractivity contribution in [2.45, 2.75) is 31.7 Å². The summed E-state index contributed by atoms with van der Waals surface area (Å²) < 4.78 is 0. The standard InChI is InChI=1S/C17H21N3S/c18-20-14(17-12-7-4-8-13(12)17)9-16-19-15(10-21-16)11-5-2-1-3-6-11/h1-3,5-6,10,12-14,17,20H,4,7-9,18H2. The smallest absolute Gasteiger partial charge is 0.0948 e. The lowest BCUT2D eigenvalue weighted by atomic mass is 10.0. The van der Waals surface area contributed by atoms with Crippen LogP contribution >= 0.6 is 11.3 Å². The molecule has 110 valence electrons. The highest BCUT2D eigenvalue weighted by Crippen LogP contribution is 2.59. The van der Waals surface area contributed by atoms with Crippen LogP contribution in [0, 0.1) is 17.8 Å². The first-order valence-electron chi connectivity index (χ1n) is 7.83. The van der Waals surface area contributed by atoms with E-state index in [-0.39, 0.29) is 0 Å². The highest BCUT2D eigenvalue weighted by atomic mass is 32.1. The van der Waals surface area contributed by atoms with Crippen LogP contribution in [0.3, 0.4) is 0 Å². The molecule has 2 aliphatic carbocycles. The third-order valence-corrected chi connectivity index (χ3v) is 6.04. The normalized spacial score (nSPS) is 28.3. The maximum Gasteiger partial charge on any atom is 0.0948 e. The molecule has 1 aromatic carbocycles. The highest BCUT2D eigenvalue weighted by Gasteiger charge is 2.55. The lowest BCUT2D eigenvalue weighted by Crippen LogP contribution is -2.39. The number of hydrogen-bond acceptors (Lipinski definition) is 4. The van der Waals surface area contributed by atoms with Crippen LogP contribution in [-0.2, 0) is 6.42 Å². The second kappa shape index (κ2) is 5.52. The van der Waals surface area contributed by atoms with E-state index in [2.05, 4.69) is 35.1 Å². The van der Waals surface area contributed by atoms with Gasteiger partial charge in [0.05, 0.1) is 10.7 Å². The summed E-state index contributed by atoms with van der Waals surface area (Å²) in [6, 6.07) is 10.8. The van der Waals surface area contributed by atoms with Crippen LogP contribution in [0.2, 0.25) is 0 Å². The lowest BCUT2D eigenvalue weighted by molar-refractivity contribution is 0.410. The number of benzene rings is 1. The van der Waals surface area contributed by atoms with Crippen molar-refractivity contribution in [3.8, 4) is 11.3 Å². The van der Waals surface area contributed by atoms with Gasteiger partial charge in [-0.1, -0.05) is 36.8 Å². The summed E-state index contributed by atoms with van der Waals surface area (Å²) in [5, 5.41) is 3.35. The molecule has 2 fully saturated rings. The fourth-order valence-electron chi connectivity index (χ4n) is 4.11. The molecule has 3 atom stereocenters. The van der Waals surface area contributed by atoms with Crippen LogP contribution in [-0.4, -0.2) is 11.0 Å². The molecule has 0 radical (unpaired) electrons. The quantitative estimate of drug-likeness (QED) is 0.658. The Morgan fingerprint density at radius 3 is 2.71 bits per heavy atom. The predicted molar refractivity (Wildman–Crippen MR) is 86.7 cm³/mol. The second-order valence-corrected chi connectivity index (χ2v) is 7.25. The van der Waals surface area contributed by atoms with Gasteiger partial charge >= 0.3 is 0 Å². The van der Waals surface area contributed by atoms with Crippen molar-refractivity contribution in [2.75, 3.05) is 0 Å². The minimum Gasteiger partial charge on any atom is -0.271 e. The molecular weight excluding hydrogens is 278 g/mol. The number of nitrogens with zero attached hydrogens (tertiary/aromatic N) is 1. The van der Waals surface area contributed by atoms with Gasteiger partial charge in [0.2, 0.25) is 0 Å². The number of rotatable bonds is 5. The molecule has 0 saturated heterocycles. The fraction of sp³-hybridized carbons (Fsp3) is 0.471. The zero-order chi connectivity index (χ0) is 14.2. The van der Waals surface area contributed by atoms with E-state index in [1.54, 1.807) is 11.3 Å². The second-order valence-electron chi connectivity index (χ2n) is 6.31. The van der Waals surface area contributed by atoms with Crippen LogP contribution in [0.1, 0.15) is 24.3 Å². The average molecular weight is 299 g/mol. The molecular formula is C17H21N3S. The number of aromatic nitrogens is 1. The van der Waals surface area contributed by atoms with Crippen LogP contribution in [0.25, 0.3) is 11.3 Å². The Hall–Kier alpha value is -1.23. The summed E-state index contributed by atoms with van der Waals surface area (Å²) in [5.74, 6) is 8.45. The van der Waals surface area contributed by atoms with Gasteiger partial charge in [0, 0.05) is 23.4 Å². The summed E-state index contributed by atoms with van der Waals surface area (Å²) in [5.41, 5.74) is 5.34. The van der Waals surface area contributed by atoms with Gasteiger partial charge in [0.1, 0.15) is 0 Å². The summed E-state index contributed by atoms with van der Waals surface area (Å²) >= 11 is 1.75. The van der Waals surface area contributed by atoms with E-state index >= 15 is 0 Å². The molecule has 3 unspecified atom stereocenters. The first-order chi connectivity index (χ1) is 10.4. The first kappa shape index (κ1) is 13.4. The van der Waals surface area contributed by atoms with E-state index in [0.717, 1.165) is 29.9 Å². The van der Waals surface area contributed by atoms with Gasteiger partial charge < -0.3 is 0 Å². The molecule has 2 aliphatic rings. The molecule has 2 aromatic rings. The van der Waals surface area contributed by atoms with E-state index in [1.165, 1.54) is 29.8 Å². The molecule has 0 amide bonds. The molecule has 0 bridgehead atoms. The van der Waals surface area contributed by atoms with Crippen LogP contribution in [0.4, 0.5) is 0 Å². The number of nitrogens with one attached hydrogen (secondary N) is 1. The van der Waals surface area contributed by atoms with Crippen molar-refractivity contribution < 1.29 is 0 Å². The van der Waals surface area contributed by atoms with Gasteiger partial charge in [0.25, 0.3) is 0 Å². The van der Waals surface area contributed by atoms with Gasteiger partial charge in [-0.2, -0.15) is 0 Å². The fourth-order valence-corrected chi connectivity index (χ4v) is 4.98. The van der Waals surface area contributed by atoms with E-state index in [4.69, 9.17) is 10.8 Å². The third-order valence-electron chi connectivity index (χ3n) is 5.17. The SMILES string of the molecule is NNC(Cc1nc(-c2ccccc2)cs1)C1C2CCCC21. The topological polar surface area (TPSA) is 50.9 Å². The monoisotopic (exact) mass is 299 g/mol. The van der Waals surface area contributed by atoms with Crippen LogP contribution in [0.5, 0.6) is 0 Å². The lowest BCUT2D eigenvalue weighted by Gasteiger charge is -2.16. The Labute approximate surface area is 129 Å². The molecule has 4 heteroatoms. The minimum atomic E-state index is 0.398. The van der Waals surface area contributed by atoms with Gasteiger partial charge in [-0.15, -0.1) is 11.3 Å². The molecule has 1 aromatic heterocycles. The van der Waals surface area contributed by atoms with Gasteiger partial charge in [-0.05, 0) is 30.6 Å². The van der Waals surface area contributed by atoms with Crippen molar-refractivity contribution >= 4 is 11.3 Å². The Balaban J connectivity index is 1.46. The highest BCUT2D eigenvalue weighted by molar-refractivity contribution is 7.09. The van der Waals surface area contributed by atoms with E-state index in [9.17, 15) is 0 Å². The molecule has 0 spiro atoms. The van der Waals surface area contributed by atoms with E-state index < -0.39 is 0 Å². The maximum atomic E-state index is 5.81. The third kappa shape index (κ3) is 2.52. The molecule has 3 N–H and O–H groups in total. The van der Waals surface area contributed by atoms with Crippen molar-refractivity contribution in [1.82, 2.24) is 10.4 Å². The summed E-state index contributed by atoms with van der Waals surface area (Å²) in [6.45, 7) is 0. The van der Waals surface area contributed by atoms with Gasteiger partial charge in [0.15, 0.2) is 0 Å². The number of fused-ring (bicyclic) bond motifs is 1. The number of nitrogens with two attached hydrogens (primary N) is 1. The zero-order valence-corrected chi connectivity index (χ0v) is 12.9. The molecule has 2 saturated carbocycles. The summed E-state index contributed by atoms with van der Waals surface area (Å²) in [4.78, 5) is 4.80. The van der Waals surface area contributed by atoms with E-state index in [1.807, 2.05) is 6.07 Å². The average Bonchev–Trinajstić information content (AvgIpc) is 2.92. The molecule has 3 nitrogen and oxygen atoms in total. The molecule has 4 rings (SSSR count). The van der Waals surface area contributed by atoms with Crippen molar-refractivity contribution in [1.29, 1.82) is 0 Å². The number of thiazole rings is 1. The zero-order valence-electron chi connectivity index (χ0n) is 12.0. The summed E-state index contributed by atoms with van der Waals surface area (Å²) in [7, 11) is 0. The number of hydrogen-bond donors (Lipinski definition) is 2. The molecule has 0 aliphatic heterocycles. The van der Waals surface area contributed by atoms with Gasteiger partial charge in [-0.3, -0.25) is 11.3 Å². The Kier molecular flexibility index (Phi) is 3.53. The Morgan fingerprint density at radius 1 is 1.24 bits per heavy atom. The molecule has 21 heavy (non-hydrogen) atoms. The number of hydrazine groups is 1. The van der Waals surface area contributed by atoms with Crippen LogP contribution < -0.4 is 11.3 Å². The maximum absolute atomic E-state index is 5.81. The van der Waals surface area contributed by atoms with Crippen molar-refractivity contribution in [2.24, 2.45) is 23.6 Å². The summed E-state index contributed by atoms with van der Waals surface area (Å²) in [6.07, 6.45) is 5.19. The van der Waals surface area contributed by atoms with Crippen LogP contribution in [0.15, 0.2) is 35.7 Å². The van der Waals surface area contributed by atoms with E-state index in [0.29, 0.717) is 6.04 Å².